The Morgan fingerprint density at radius 2 is 1.73 bits per heavy atom. The third kappa shape index (κ3) is 15.8. The molecule has 0 bridgehead atoms. The summed E-state index contributed by atoms with van der Waals surface area (Å²) < 4.78 is 17.9. The lowest BCUT2D eigenvalue weighted by Gasteiger charge is -2.06. The van der Waals surface area contributed by atoms with Crippen LogP contribution in [0.5, 0.6) is 0 Å². The number of hydrogen-bond donors (Lipinski definition) is 1. The molecule has 5 heteroatoms. The summed E-state index contributed by atoms with van der Waals surface area (Å²) in [7, 11) is 0. The average molecular weight is 368 g/mol. The second-order valence-corrected chi connectivity index (χ2v) is 6.78. The summed E-state index contributed by atoms with van der Waals surface area (Å²) in [6, 6.07) is 5.98. The largest absolute Gasteiger partial charge is 0.367 e. The molecule has 0 saturated carbocycles. The number of unbranched alkanes of at least 4 members (excludes halogenated alkanes) is 2. The van der Waals surface area contributed by atoms with Crippen molar-refractivity contribution in [2.24, 2.45) is 5.92 Å². The maximum Gasteiger partial charge on any atom is 0.246 e. The van der Waals surface area contributed by atoms with E-state index in [0.717, 1.165) is 30.7 Å². The molecule has 0 heterocycles. The van der Waals surface area contributed by atoms with Gasteiger partial charge in [0.25, 0.3) is 0 Å². The van der Waals surface area contributed by atoms with E-state index in [-0.39, 0.29) is 30.7 Å². The number of benzene rings is 1. The molecule has 148 valence electrons. The zero-order valence-corrected chi connectivity index (χ0v) is 16.6. The Morgan fingerprint density at radius 1 is 1.12 bits per heavy atom. The second kappa shape index (κ2) is 15.5. The van der Waals surface area contributed by atoms with Crippen molar-refractivity contribution in [3.8, 4) is 0 Å². The van der Waals surface area contributed by atoms with E-state index in [1.807, 2.05) is 0 Å². The number of carbonyl (C=O) groups is 2. The summed E-state index contributed by atoms with van der Waals surface area (Å²) in [4.78, 5) is 22.2. The Kier molecular flexibility index (Phi) is 14.5. The SMILES string of the molecule is CC(=O)CCCCCNC(=O)COCc1ccc(F)cc1.CCC(C)C. The number of hydrogen-bond acceptors (Lipinski definition) is 3. The predicted molar refractivity (Wildman–Crippen MR) is 103 cm³/mol. The summed E-state index contributed by atoms with van der Waals surface area (Å²) in [5.41, 5.74) is 0.827. The van der Waals surface area contributed by atoms with Crippen molar-refractivity contribution in [3.63, 3.8) is 0 Å². The number of nitrogens with one attached hydrogen (secondary N) is 1. The van der Waals surface area contributed by atoms with Gasteiger partial charge in [-0.05, 0) is 43.4 Å². The van der Waals surface area contributed by atoms with Gasteiger partial charge in [0.15, 0.2) is 0 Å². The van der Waals surface area contributed by atoms with Crippen LogP contribution >= 0.6 is 0 Å². The third-order valence-electron chi connectivity index (χ3n) is 3.76. The van der Waals surface area contributed by atoms with E-state index in [2.05, 4.69) is 26.1 Å². The van der Waals surface area contributed by atoms with E-state index < -0.39 is 0 Å². The molecule has 0 unspecified atom stereocenters. The molecule has 1 aromatic carbocycles. The molecule has 26 heavy (non-hydrogen) atoms. The molecule has 0 radical (unpaired) electrons. The molecular weight excluding hydrogens is 333 g/mol. The first-order valence-electron chi connectivity index (χ1n) is 9.43. The minimum absolute atomic E-state index is 0.00910. The van der Waals surface area contributed by atoms with Gasteiger partial charge in [-0.25, -0.2) is 4.39 Å². The average Bonchev–Trinajstić information content (AvgIpc) is 2.60. The number of carbonyl (C=O) groups excluding carboxylic acids is 2. The van der Waals surface area contributed by atoms with E-state index in [1.165, 1.54) is 18.6 Å². The molecule has 1 N–H and O–H groups in total. The number of amides is 1. The first-order chi connectivity index (χ1) is 12.3. The van der Waals surface area contributed by atoms with E-state index in [4.69, 9.17) is 4.74 Å². The molecule has 0 spiro atoms. The summed E-state index contributed by atoms with van der Waals surface area (Å²) in [6.07, 6.45) is 4.56. The Bertz CT molecular complexity index is 500. The van der Waals surface area contributed by atoms with Gasteiger partial charge < -0.3 is 14.8 Å². The van der Waals surface area contributed by atoms with Gasteiger partial charge in [0.1, 0.15) is 18.2 Å². The van der Waals surface area contributed by atoms with Crippen LogP contribution in [0.4, 0.5) is 4.39 Å². The van der Waals surface area contributed by atoms with Crippen molar-refractivity contribution in [2.75, 3.05) is 13.2 Å². The standard InChI is InChI=1S/C16H22FNO3.C5H12/c1-13(19)5-3-2-4-10-18-16(20)12-21-11-14-6-8-15(17)9-7-14;1-4-5(2)3/h6-9H,2-5,10-12H2,1H3,(H,18,20);5H,4H2,1-3H3. The smallest absolute Gasteiger partial charge is 0.246 e. The second-order valence-electron chi connectivity index (χ2n) is 6.78. The molecule has 0 aliphatic carbocycles. The molecule has 1 aromatic rings. The maximum atomic E-state index is 12.7. The first-order valence-corrected chi connectivity index (χ1v) is 9.43. The van der Waals surface area contributed by atoms with Crippen molar-refractivity contribution in [2.45, 2.75) is 66.4 Å². The van der Waals surface area contributed by atoms with Crippen molar-refractivity contribution in [1.29, 1.82) is 0 Å². The van der Waals surface area contributed by atoms with Gasteiger partial charge in [0, 0.05) is 13.0 Å². The van der Waals surface area contributed by atoms with Crippen molar-refractivity contribution in [3.05, 3.63) is 35.6 Å². The lowest BCUT2D eigenvalue weighted by molar-refractivity contribution is -0.126. The topological polar surface area (TPSA) is 55.4 Å². The number of rotatable bonds is 11. The Hall–Kier alpha value is -1.75. The highest BCUT2D eigenvalue weighted by Gasteiger charge is 2.02. The van der Waals surface area contributed by atoms with Crippen LogP contribution in [-0.4, -0.2) is 24.8 Å². The van der Waals surface area contributed by atoms with Crippen LogP contribution in [0.15, 0.2) is 24.3 Å². The van der Waals surface area contributed by atoms with E-state index >= 15 is 0 Å². The Balaban J connectivity index is 0.00000110. The molecule has 0 aliphatic rings. The molecule has 0 aromatic heterocycles. The van der Waals surface area contributed by atoms with Gasteiger partial charge in [0.05, 0.1) is 6.61 Å². The summed E-state index contributed by atoms with van der Waals surface area (Å²) >= 11 is 0. The quantitative estimate of drug-likeness (QED) is 0.579. The van der Waals surface area contributed by atoms with Gasteiger partial charge in [-0.3, -0.25) is 4.79 Å². The Labute approximate surface area is 157 Å². The van der Waals surface area contributed by atoms with Crippen LogP contribution in [0, 0.1) is 11.7 Å². The fraction of sp³-hybridized carbons (Fsp3) is 0.619. The summed E-state index contributed by atoms with van der Waals surface area (Å²) in [6.45, 7) is 9.10. The van der Waals surface area contributed by atoms with Crippen LogP contribution in [0.3, 0.4) is 0 Å². The number of ether oxygens (including phenoxy) is 1. The van der Waals surface area contributed by atoms with Crippen molar-refractivity contribution < 1.29 is 18.7 Å². The maximum absolute atomic E-state index is 12.7. The minimum Gasteiger partial charge on any atom is -0.367 e. The van der Waals surface area contributed by atoms with Crippen LogP contribution in [-0.2, 0) is 20.9 Å². The highest BCUT2D eigenvalue weighted by atomic mass is 19.1. The highest BCUT2D eigenvalue weighted by Crippen LogP contribution is 2.04. The molecule has 1 amide bonds. The van der Waals surface area contributed by atoms with E-state index in [0.29, 0.717) is 13.0 Å². The number of Topliss-reactive ketones (excluding diaryl/α,β-unsaturated/α-hetero) is 1. The molecule has 0 atom stereocenters. The zero-order chi connectivity index (χ0) is 19.8. The number of ketones is 1. The highest BCUT2D eigenvalue weighted by molar-refractivity contribution is 5.77. The minimum atomic E-state index is -0.290. The van der Waals surface area contributed by atoms with Gasteiger partial charge in [-0.2, -0.15) is 0 Å². The van der Waals surface area contributed by atoms with Crippen molar-refractivity contribution in [1.82, 2.24) is 5.32 Å². The third-order valence-corrected chi connectivity index (χ3v) is 3.76. The van der Waals surface area contributed by atoms with E-state index in [9.17, 15) is 14.0 Å². The van der Waals surface area contributed by atoms with Gasteiger partial charge in [0.2, 0.25) is 5.91 Å². The Morgan fingerprint density at radius 3 is 2.27 bits per heavy atom. The number of halogens is 1. The van der Waals surface area contributed by atoms with Gasteiger partial charge in [-0.1, -0.05) is 45.7 Å². The van der Waals surface area contributed by atoms with Crippen LogP contribution in [0.25, 0.3) is 0 Å². The molecule has 0 aliphatic heterocycles. The predicted octanol–water partition coefficient (Wildman–Crippen LogP) is 4.66. The van der Waals surface area contributed by atoms with Crippen LogP contribution < -0.4 is 5.32 Å². The fourth-order valence-electron chi connectivity index (χ4n) is 1.80. The monoisotopic (exact) mass is 367 g/mol. The van der Waals surface area contributed by atoms with Crippen molar-refractivity contribution >= 4 is 11.7 Å². The summed E-state index contributed by atoms with van der Waals surface area (Å²) in [5, 5.41) is 2.76. The van der Waals surface area contributed by atoms with E-state index in [1.54, 1.807) is 19.1 Å². The lowest BCUT2D eigenvalue weighted by Crippen LogP contribution is -2.28. The molecule has 0 saturated heterocycles. The zero-order valence-electron chi connectivity index (χ0n) is 16.6. The normalized spacial score (nSPS) is 10.2. The van der Waals surface area contributed by atoms with Crippen LogP contribution in [0.1, 0.15) is 65.4 Å². The first kappa shape index (κ1) is 24.2. The fourth-order valence-corrected chi connectivity index (χ4v) is 1.80. The molecule has 4 nitrogen and oxygen atoms in total. The van der Waals surface area contributed by atoms with Gasteiger partial charge >= 0.3 is 0 Å². The molecular formula is C21H34FNO3. The summed E-state index contributed by atoms with van der Waals surface area (Å²) in [5.74, 6) is 0.633. The molecule has 0 fully saturated rings. The molecule has 1 rings (SSSR count). The van der Waals surface area contributed by atoms with Crippen LogP contribution in [0.2, 0.25) is 0 Å². The van der Waals surface area contributed by atoms with Gasteiger partial charge in [-0.15, -0.1) is 0 Å². The lowest BCUT2D eigenvalue weighted by atomic mass is 10.1.